The maximum Gasteiger partial charge on any atom is 0.253 e. The van der Waals surface area contributed by atoms with E-state index >= 15 is 0 Å². The van der Waals surface area contributed by atoms with Crippen molar-refractivity contribution >= 4 is 5.91 Å². The summed E-state index contributed by atoms with van der Waals surface area (Å²) in [5.41, 5.74) is 8.91. The van der Waals surface area contributed by atoms with Gasteiger partial charge < -0.3 is 10.6 Å². The lowest BCUT2D eigenvalue weighted by Crippen LogP contribution is -2.53. The Hall–Kier alpha value is -1.39. The lowest BCUT2D eigenvalue weighted by atomic mass is 10.1. The van der Waals surface area contributed by atoms with Crippen LogP contribution in [0.4, 0.5) is 0 Å². The third-order valence-corrected chi connectivity index (χ3v) is 4.33. The molecule has 0 aromatic heterocycles. The van der Waals surface area contributed by atoms with Crippen molar-refractivity contribution in [3.63, 3.8) is 0 Å². The van der Waals surface area contributed by atoms with Crippen molar-refractivity contribution in [2.45, 2.75) is 33.2 Å². The summed E-state index contributed by atoms with van der Waals surface area (Å²) in [6, 6.07) is 6.51. The molecule has 0 aliphatic carbocycles. The third-order valence-electron chi connectivity index (χ3n) is 4.33. The van der Waals surface area contributed by atoms with Crippen molar-refractivity contribution in [1.29, 1.82) is 0 Å². The Balaban J connectivity index is 2.00. The first-order chi connectivity index (χ1) is 10.0. The summed E-state index contributed by atoms with van der Waals surface area (Å²) in [5, 5.41) is 0. The Kier molecular flexibility index (Phi) is 5.37. The Bertz CT molecular complexity index is 469. The fourth-order valence-corrected chi connectivity index (χ4v) is 3.14. The van der Waals surface area contributed by atoms with Crippen molar-refractivity contribution in [2.24, 2.45) is 5.73 Å². The van der Waals surface area contributed by atoms with Crippen LogP contribution in [0.25, 0.3) is 0 Å². The van der Waals surface area contributed by atoms with E-state index in [0.717, 1.165) is 49.3 Å². The van der Waals surface area contributed by atoms with Gasteiger partial charge in [0.2, 0.25) is 0 Å². The van der Waals surface area contributed by atoms with Gasteiger partial charge in [-0.25, -0.2) is 0 Å². The predicted octanol–water partition coefficient (Wildman–Crippen LogP) is 1.80. The van der Waals surface area contributed by atoms with Crippen LogP contribution in [0.1, 0.15) is 34.8 Å². The molecule has 1 aliphatic rings. The Morgan fingerprint density at radius 2 is 1.71 bits per heavy atom. The van der Waals surface area contributed by atoms with Crippen LogP contribution in [-0.2, 0) is 0 Å². The Morgan fingerprint density at radius 3 is 2.19 bits per heavy atom. The molecule has 1 heterocycles. The number of aryl methyl sites for hydroxylation is 2. The predicted molar refractivity (Wildman–Crippen MR) is 86.5 cm³/mol. The highest BCUT2D eigenvalue weighted by atomic mass is 16.2. The summed E-state index contributed by atoms with van der Waals surface area (Å²) >= 11 is 0. The molecule has 116 valence electrons. The first-order valence-corrected chi connectivity index (χ1v) is 7.86. The monoisotopic (exact) mass is 289 g/mol. The number of rotatable bonds is 4. The molecule has 0 bridgehead atoms. The molecule has 1 aromatic carbocycles. The maximum absolute atomic E-state index is 12.6. The molecule has 4 heteroatoms. The largest absolute Gasteiger partial charge is 0.336 e. The zero-order chi connectivity index (χ0) is 15.4. The Labute approximate surface area is 127 Å². The van der Waals surface area contributed by atoms with Gasteiger partial charge in [0.25, 0.3) is 5.91 Å². The second-order valence-corrected chi connectivity index (χ2v) is 6.00. The minimum atomic E-state index is 0.155. The number of hydrogen-bond donors (Lipinski definition) is 1. The van der Waals surface area contributed by atoms with E-state index in [1.54, 1.807) is 0 Å². The van der Waals surface area contributed by atoms with Gasteiger partial charge >= 0.3 is 0 Å². The molecule has 2 rings (SSSR count). The van der Waals surface area contributed by atoms with Crippen molar-refractivity contribution < 1.29 is 4.79 Å². The highest BCUT2D eigenvalue weighted by Gasteiger charge is 2.25. The van der Waals surface area contributed by atoms with Crippen molar-refractivity contribution in [3.8, 4) is 0 Å². The molecule has 1 unspecified atom stereocenters. The zero-order valence-corrected chi connectivity index (χ0v) is 13.4. The van der Waals surface area contributed by atoms with Crippen LogP contribution in [0.2, 0.25) is 0 Å². The molecule has 1 amide bonds. The second kappa shape index (κ2) is 7.05. The lowest BCUT2D eigenvalue weighted by Gasteiger charge is -2.38. The molecule has 1 aromatic rings. The number of amides is 1. The SMILES string of the molecule is CCC(CN)N1CCN(C(=O)c2cc(C)cc(C)c2)CC1. The van der Waals surface area contributed by atoms with Gasteiger partial charge in [0, 0.05) is 44.3 Å². The van der Waals surface area contributed by atoms with E-state index in [0.29, 0.717) is 12.6 Å². The highest BCUT2D eigenvalue weighted by Crippen LogP contribution is 2.14. The summed E-state index contributed by atoms with van der Waals surface area (Å²) in [6.45, 7) is 10.4. The molecule has 1 aliphatic heterocycles. The standard InChI is InChI=1S/C17H27N3O/c1-4-16(12-18)19-5-7-20(8-6-19)17(21)15-10-13(2)9-14(3)11-15/h9-11,16H,4-8,12,18H2,1-3H3. The van der Waals surface area contributed by atoms with Gasteiger partial charge in [-0.05, 0) is 32.4 Å². The van der Waals surface area contributed by atoms with Gasteiger partial charge in [0.15, 0.2) is 0 Å². The first kappa shape index (κ1) is 16.0. The van der Waals surface area contributed by atoms with Crippen LogP contribution in [0, 0.1) is 13.8 Å². The van der Waals surface area contributed by atoms with E-state index in [1.165, 1.54) is 0 Å². The van der Waals surface area contributed by atoms with Gasteiger partial charge in [-0.15, -0.1) is 0 Å². The average Bonchev–Trinajstić information content (AvgIpc) is 2.47. The molecule has 1 fully saturated rings. The van der Waals surface area contributed by atoms with Crippen LogP contribution in [0.15, 0.2) is 18.2 Å². The smallest absolute Gasteiger partial charge is 0.253 e. The van der Waals surface area contributed by atoms with E-state index in [-0.39, 0.29) is 5.91 Å². The fraction of sp³-hybridized carbons (Fsp3) is 0.588. The summed E-state index contributed by atoms with van der Waals surface area (Å²) in [4.78, 5) is 17.0. The zero-order valence-electron chi connectivity index (χ0n) is 13.4. The number of benzene rings is 1. The molecule has 4 nitrogen and oxygen atoms in total. The van der Waals surface area contributed by atoms with Gasteiger partial charge in [-0.3, -0.25) is 9.69 Å². The maximum atomic E-state index is 12.6. The van der Waals surface area contributed by atoms with E-state index in [1.807, 2.05) is 30.9 Å². The number of nitrogens with two attached hydrogens (primary N) is 1. The van der Waals surface area contributed by atoms with Crippen LogP contribution in [0.5, 0.6) is 0 Å². The van der Waals surface area contributed by atoms with Crippen molar-refractivity contribution in [1.82, 2.24) is 9.80 Å². The van der Waals surface area contributed by atoms with Crippen molar-refractivity contribution in [3.05, 3.63) is 34.9 Å². The topological polar surface area (TPSA) is 49.6 Å². The van der Waals surface area contributed by atoms with Crippen LogP contribution < -0.4 is 5.73 Å². The molecule has 0 saturated carbocycles. The first-order valence-electron chi connectivity index (χ1n) is 7.86. The van der Waals surface area contributed by atoms with Crippen molar-refractivity contribution in [2.75, 3.05) is 32.7 Å². The number of hydrogen-bond acceptors (Lipinski definition) is 3. The molecular weight excluding hydrogens is 262 g/mol. The van der Waals surface area contributed by atoms with Gasteiger partial charge in [-0.1, -0.05) is 24.1 Å². The Morgan fingerprint density at radius 1 is 1.14 bits per heavy atom. The molecule has 1 atom stereocenters. The van der Waals surface area contributed by atoms with E-state index in [4.69, 9.17) is 5.73 Å². The normalized spacial score (nSPS) is 17.8. The van der Waals surface area contributed by atoms with Crippen LogP contribution >= 0.6 is 0 Å². The van der Waals surface area contributed by atoms with E-state index < -0.39 is 0 Å². The second-order valence-electron chi connectivity index (χ2n) is 6.00. The summed E-state index contributed by atoms with van der Waals surface area (Å²) < 4.78 is 0. The summed E-state index contributed by atoms with van der Waals surface area (Å²) in [7, 11) is 0. The summed E-state index contributed by atoms with van der Waals surface area (Å²) in [5.74, 6) is 0.155. The lowest BCUT2D eigenvalue weighted by molar-refractivity contribution is 0.0571. The van der Waals surface area contributed by atoms with Gasteiger partial charge in [-0.2, -0.15) is 0 Å². The number of carbonyl (C=O) groups excluding carboxylic acids is 1. The minimum absolute atomic E-state index is 0.155. The van der Waals surface area contributed by atoms with Crippen LogP contribution in [-0.4, -0.2) is 54.5 Å². The molecule has 21 heavy (non-hydrogen) atoms. The highest BCUT2D eigenvalue weighted by molar-refractivity contribution is 5.94. The van der Waals surface area contributed by atoms with Gasteiger partial charge in [0.05, 0.1) is 0 Å². The molecule has 2 N–H and O–H groups in total. The third kappa shape index (κ3) is 3.83. The number of piperazine rings is 1. The van der Waals surface area contributed by atoms with E-state index in [9.17, 15) is 4.79 Å². The van der Waals surface area contributed by atoms with Gasteiger partial charge in [0.1, 0.15) is 0 Å². The molecular formula is C17H27N3O. The molecule has 0 spiro atoms. The van der Waals surface area contributed by atoms with E-state index in [2.05, 4.69) is 17.9 Å². The quantitative estimate of drug-likeness (QED) is 0.919. The number of carbonyl (C=O) groups is 1. The minimum Gasteiger partial charge on any atom is -0.336 e. The summed E-state index contributed by atoms with van der Waals surface area (Å²) in [6.07, 6.45) is 1.07. The fourth-order valence-electron chi connectivity index (χ4n) is 3.14. The van der Waals surface area contributed by atoms with Crippen LogP contribution in [0.3, 0.4) is 0 Å². The molecule has 0 radical (unpaired) electrons. The molecule has 1 saturated heterocycles. The number of nitrogens with zero attached hydrogens (tertiary/aromatic N) is 2. The average molecular weight is 289 g/mol.